The molecule has 0 bridgehead atoms. The van der Waals surface area contributed by atoms with Crippen LogP contribution in [0.25, 0.3) is 0 Å². The highest BCUT2D eigenvalue weighted by molar-refractivity contribution is 5.45. The second-order valence-electron chi connectivity index (χ2n) is 5.56. The van der Waals surface area contributed by atoms with Gasteiger partial charge in [-0.25, -0.2) is 0 Å². The maximum atomic E-state index is 5.57. The van der Waals surface area contributed by atoms with Crippen molar-refractivity contribution < 1.29 is 9.47 Å². The number of rotatable bonds is 5. The molecule has 1 aromatic rings. The lowest BCUT2D eigenvalue weighted by Gasteiger charge is -2.24. The molecule has 1 aromatic carbocycles. The number of nitrogens with one attached hydrogen (secondary N) is 1. The monoisotopic (exact) mass is 289 g/mol. The van der Waals surface area contributed by atoms with Crippen LogP contribution < -0.4 is 14.8 Å². The summed E-state index contributed by atoms with van der Waals surface area (Å²) in [6.45, 7) is 0. The summed E-state index contributed by atoms with van der Waals surface area (Å²) in [6, 6.07) is 6.30. The minimum atomic E-state index is 0.226. The molecule has 21 heavy (non-hydrogen) atoms. The third-order valence-electron chi connectivity index (χ3n) is 4.24. The molecule has 0 aromatic heterocycles. The van der Waals surface area contributed by atoms with Gasteiger partial charge in [0, 0.05) is 11.6 Å². The van der Waals surface area contributed by atoms with Gasteiger partial charge in [-0.2, -0.15) is 0 Å². The van der Waals surface area contributed by atoms with E-state index in [1.165, 1.54) is 49.7 Å². The molecule has 1 unspecified atom stereocenters. The van der Waals surface area contributed by atoms with Crippen molar-refractivity contribution in [3.05, 3.63) is 35.4 Å². The minimum Gasteiger partial charge on any atom is -0.497 e. The highest BCUT2D eigenvalue weighted by Crippen LogP contribution is 2.35. The fourth-order valence-electron chi connectivity index (χ4n) is 3.08. The summed E-state index contributed by atoms with van der Waals surface area (Å²) in [7, 11) is 5.42. The van der Waals surface area contributed by atoms with Gasteiger partial charge in [0.05, 0.1) is 20.3 Å². The Labute approximate surface area is 128 Å². The number of methoxy groups -OCH3 is 2. The summed E-state index contributed by atoms with van der Waals surface area (Å²) in [5.74, 6) is 1.72. The molecular formula is C18H27NO2. The van der Waals surface area contributed by atoms with E-state index in [0.717, 1.165) is 11.5 Å². The number of allylic oxidation sites excluding steroid dienone is 1. The summed E-state index contributed by atoms with van der Waals surface area (Å²) in [5, 5.41) is 3.46. The van der Waals surface area contributed by atoms with Crippen molar-refractivity contribution in [3.63, 3.8) is 0 Å². The van der Waals surface area contributed by atoms with E-state index in [4.69, 9.17) is 9.47 Å². The van der Waals surface area contributed by atoms with Gasteiger partial charge in [-0.3, -0.25) is 0 Å². The Morgan fingerprint density at radius 2 is 1.86 bits per heavy atom. The van der Waals surface area contributed by atoms with Gasteiger partial charge in [-0.05, 0) is 44.9 Å². The molecule has 0 saturated carbocycles. The van der Waals surface area contributed by atoms with Crippen LogP contribution in [0.15, 0.2) is 29.8 Å². The van der Waals surface area contributed by atoms with E-state index in [9.17, 15) is 0 Å². The maximum Gasteiger partial charge on any atom is 0.127 e. The summed E-state index contributed by atoms with van der Waals surface area (Å²) in [4.78, 5) is 0. The van der Waals surface area contributed by atoms with Crippen LogP contribution in [0.4, 0.5) is 0 Å². The first-order valence-electron chi connectivity index (χ1n) is 7.88. The first-order valence-corrected chi connectivity index (χ1v) is 7.88. The van der Waals surface area contributed by atoms with E-state index in [1.807, 2.05) is 19.2 Å². The number of hydrogen-bond donors (Lipinski definition) is 1. The quantitative estimate of drug-likeness (QED) is 0.822. The number of ether oxygens (including phenoxy) is 2. The van der Waals surface area contributed by atoms with Crippen LogP contribution >= 0.6 is 0 Å². The second kappa shape index (κ2) is 8.08. The first-order chi connectivity index (χ1) is 10.3. The van der Waals surface area contributed by atoms with Gasteiger partial charge in [0.15, 0.2) is 0 Å². The molecule has 0 saturated heterocycles. The molecule has 0 fully saturated rings. The zero-order valence-electron chi connectivity index (χ0n) is 13.4. The Kier molecular flexibility index (Phi) is 6.12. The van der Waals surface area contributed by atoms with E-state index in [2.05, 4.69) is 17.5 Å². The SMILES string of the molecule is CNC(/C1=C/CCCCCC1)c1ccc(OC)cc1OC. The molecule has 116 valence electrons. The Morgan fingerprint density at radius 3 is 2.57 bits per heavy atom. The molecule has 0 amide bonds. The van der Waals surface area contributed by atoms with Gasteiger partial charge >= 0.3 is 0 Å². The smallest absolute Gasteiger partial charge is 0.127 e. The molecule has 0 heterocycles. The standard InChI is InChI=1S/C18H27NO2/c1-19-18(14-9-7-5-4-6-8-10-14)16-12-11-15(20-2)13-17(16)21-3/h9,11-13,18-19H,4-8,10H2,1-3H3/b14-9+. The molecule has 0 spiro atoms. The van der Waals surface area contributed by atoms with Crippen LogP contribution in [0, 0.1) is 0 Å². The third-order valence-corrected chi connectivity index (χ3v) is 4.24. The van der Waals surface area contributed by atoms with E-state index >= 15 is 0 Å². The van der Waals surface area contributed by atoms with Crippen molar-refractivity contribution in [1.29, 1.82) is 0 Å². The van der Waals surface area contributed by atoms with Gasteiger partial charge in [-0.1, -0.05) is 24.5 Å². The maximum absolute atomic E-state index is 5.57. The largest absolute Gasteiger partial charge is 0.497 e. The third kappa shape index (κ3) is 4.01. The Bertz CT molecular complexity index is 482. The second-order valence-corrected chi connectivity index (χ2v) is 5.56. The summed E-state index contributed by atoms with van der Waals surface area (Å²) >= 11 is 0. The molecule has 0 radical (unpaired) electrons. The van der Waals surface area contributed by atoms with E-state index in [0.29, 0.717) is 0 Å². The Balaban J connectivity index is 2.31. The van der Waals surface area contributed by atoms with Crippen molar-refractivity contribution in [1.82, 2.24) is 5.32 Å². The Morgan fingerprint density at radius 1 is 1.05 bits per heavy atom. The normalized spacial score (nSPS) is 19.9. The lowest BCUT2D eigenvalue weighted by atomic mass is 9.90. The molecule has 1 atom stereocenters. The van der Waals surface area contributed by atoms with E-state index in [1.54, 1.807) is 14.2 Å². The van der Waals surface area contributed by atoms with Crippen LogP contribution in [0.3, 0.4) is 0 Å². The first kappa shape index (κ1) is 15.9. The van der Waals surface area contributed by atoms with Crippen molar-refractivity contribution in [2.75, 3.05) is 21.3 Å². The van der Waals surface area contributed by atoms with Crippen molar-refractivity contribution in [2.45, 2.75) is 44.6 Å². The average Bonchev–Trinajstić information content (AvgIpc) is 2.49. The number of hydrogen-bond acceptors (Lipinski definition) is 3. The summed E-state index contributed by atoms with van der Waals surface area (Å²) in [6.07, 6.45) is 10.1. The average molecular weight is 289 g/mol. The molecule has 1 N–H and O–H groups in total. The predicted molar refractivity (Wildman–Crippen MR) is 87.1 cm³/mol. The zero-order chi connectivity index (χ0) is 15.1. The van der Waals surface area contributed by atoms with E-state index in [-0.39, 0.29) is 6.04 Å². The van der Waals surface area contributed by atoms with Crippen LogP contribution in [0.5, 0.6) is 11.5 Å². The van der Waals surface area contributed by atoms with Crippen molar-refractivity contribution >= 4 is 0 Å². The number of benzene rings is 1. The van der Waals surface area contributed by atoms with Crippen LogP contribution in [-0.2, 0) is 0 Å². The topological polar surface area (TPSA) is 30.5 Å². The molecule has 3 nitrogen and oxygen atoms in total. The van der Waals surface area contributed by atoms with Crippen LogP contribution in [0.2, 0.25) is 0 Å². The summed E-state index contributed by atoms with van der Waals surface area (Å²) < 4.78 is 10.9. The number of likely N-dealkylation sites (N-methyl/N-ethyl adjacent to an activating group) is 1. The fourth-order valence-corrected chi connectivity index (χ4v) is 3.08. The van der Waals surface area contributed by atoms with E-state index < -0.39 is 0 Å². The Hall–Kier alpha value is -1.48. The molecule has 2 rings (SSSR count). The lowest BCUT2D eigenvalue weighted by Crippen LogP contribution is -2.20. The van der Waals surface area contributed by atoms with Crippen molar-refractivity contribution in [3.8, 4) is 11.5 Å². The molecule has 3 heteroatoms. The zero-order valence-corrected chi connectivity index (χ0v) is 13.4. The predicted octanol–water partition coefficient (Wildman–Crippen LogP) is 4.24. The van der Waals surface area contributed by atoms with Gasteiger partial charge in [-0.15, -0.1) is 0 Å². The molecule has 1 aliphatic carbocycles. The highest BCUT2D eigenvalue weighted by atomic mass is 16.5. The van der Waals surface area contributed by atoms with Crippen LogP contribution in [0.1, 0.15) is 50.1 Å². The molecule has 1 aliphatic rings. The van der Waals surface area contributed by atoms with Gasteiger partial charge in [0.1, 0.15) is 11.5 Å². The van der Waals surface area contributed by atoms with Gasteiger partial charge in [0.25, 0.3) is 0 Å². The van der Waals surface area contributed by atoms with Crippen molar-refractivity contribution in [2.24, 2.45) is 0 Å². The molecule has 0 aliphatic heterocycles. The molecular weight excluding hydrogens is 262 g/mol. The highest BCUT2D eigenvalue weighted by Gasteiger charge is 2.19. The minimum absolute atomic E-state index is 0.226. The fraction of sp³-hybridized carbons (Fsp3) is 0.556. The summed E-state index contributed by atoms with van der Waals surface area (Å²) in [5.41, 5.74) is 2.67. The lowest BCUT2D eigenvalue weighted by molar-refractivity contribution is 0.387. The van der Waals surface area contributed by atoms with Crippen LogP contribution in [-0.4, -0.2) is 21.3 Å². The van der Waals surface area contributed by atoms with Gasteiger partial charge < -0.3 is 14.8 Å². The van der Waals surface area contributed by atoms with Gasteiger partial charge in [0.2, 0.25) is 0 Å².